The third-order valence-corrected chi connectivity index (χ3v) is 6.44. The molecule has 0 fully saturated rings. The van der Waals surface area contributed by atoms with Gasteiger partial charge in [0, 0.05) is 28.2 Å². The van der Waals surface area contributed by atoms with E-state index in [2.05, 4.69) is 105 Å². The number of benzene rings is 4. The van der Waals surface area contributed by atoms with Crippen LogP contribution in [-0.4, -0.2) is 0 Å². The lowest BCUT2D eigenvalue weighted by Gasteiger charge is -2.28. The Kier molecular flexibility index (Phi) is 4.40. The van der Waals surface area contributed by atoms with Crippen LogP contribution in [0, 0.1) is 13.8 Å². The molecule has 5 rings (SSSR count). The molecule has 1 aliphatic rings. The van der Waals surface area contributed by atoms with Crippen LogP contribution in [0.15, 0.2) is 84.9 Å². The van der Waals surface area contributed by atoms with E-state index in [1.54, 1.807) is 0 Å². The molecule has 0 radical (unpaired) electrons. The molecule has 2 N–H and O–H groups in total. The van der Waals surface area contributed by atoms with Crippen molar-refractivity contribution in [3.05, 3.63) is 107 Å². The highest BCUT2D eigenvalue weighted by Crippen LogP contribution is 2.50. The molecule has 4 aromatic rings. The number of nitrogens with two attached hydrogens (primary N) is 1. The minimum atomic E-state index is -0.0305. The van der Waals surface area contributed by atoms with Crippen molar-refractivity contribution in [2.24, 2.45) is 0 Å². The molecule has 154 valence electrons. The molecule has 0 saturated carbocycles. The van der Waals surface area contributed by atoms with Crippen LogP contribution in [0.25, 0.3) is 11.1 Å². The van der Waals surface area contributed by atoms with Gasteiger partial charge in [-0.3, -0.25) is 0 Å². The van der Waals surface area contributed by atoms with Gasteiger partial charge in [-0.1, -0.05) is 50.2 Å². The van der Waals surface area contributed by atoms with Crippen molar-refractivity contribution in [2.75, 3.05) is 10.6 Å². The summed E-state index contributed by atoms with van der Waals surface area (Å²) in [5.74, 6) is 0. The molecule has 0 atom stereocenters. The summed E-state index contributed by atoms with van der Waals surface area (Å²) >= 11 is 0. The Bertz CT molecular complexity index is 1260. The Morgan fingerprint density at radius 1 is 0.613 bits per heavy atom. The number of anilines is 4. The van der Waals surface area contributed by atoms with Gasteiger partial charge in [0.2, 0.25) is 0 Å². The van der Waals surface area contributed by atoms with Crippen molar-refractivity contribution in [1.29, 1.82) is 0 Å². The Morgan fingerprint density at radius 2 is 1.23 bits per heavy atom. The molecule has 0 spiro atoms. The van der Waals surface area contributed by atoms with Gasteiger partial charge in [0.25, 0.3) is 0 Å². The van der Waals surface area contributed by atoms with Crippen molar-refractivity contribution in [1.82, 2.24) is 0 Å². The average Bonchev–Trinajstić information content (AvgIpc) is 2.96. The zero-order valence-corrected chi connectivity index (χ0v) is 18.6. The smallest absolute Gasteiger partial charge is 0.0466 e. The Hall–Kier alpha value is -3.52. The van der Waals surface area contributed by atoms with Crippen LogP contribution < -0.4 is 10.6 Å². The molecule has 0 bridgehead atoms. The molecule has 4 aromatic carbocycles. The predicted molar refractivity (Wildman–Crippen MR) is 133 cm³/mol. The zero-order valence-electron chi connectivity index (χ0n) is 18.6. The average molecular weight is 405 g/mol. The lowest BCUT2D eigenvalue weighted by atomic mass is 9.82. The molecular weight excluding hydrogens is 376 g/mol. The van der Waals surface area contributed by atoms with Crippen molar-refractivity contribution < 1.29 is 0 Å². The van der Waals surface area contributed by atoms with Crippen LogP contribution in [0.3, 0.4) is 0 Å². The molecule has 0 amide bonds. The van der Waals surface area contributed by atoms with Gasteiger partial charge in [-0.25, -0.2) is 0 Å². The molecule has 0 saturated heterocycles. The highest BCUT2D eigenvalue weighted by Gasteiger charge is 2.35. The topological polar surface area (TPSA) is 29.3 Å². The normalized spacial score (nSPS) is 13.5. The Balaban J connectivity index is 1.71. The van der Waals surface area contributed by atoms with E-state index in [4.69, 9.17) is 5.73 Å². The fourth-order valence-corrected chi connectivity index (χ4v) is 4.98. The maximum Gasteiger partial charge on any atom is 0.0466 e. The lowest BCUT2D eigenvalue weighted by Crippen LogP contribution is -2.16. The molecule has 0 aliphatic heterocycles. The summed E-state index contributed by atoms with van der Waals surface area (Å²) in [6.45, 7) is 8.96. The van der Waals surface area contributed by atoms with E-state index in [1.807, 2.05) is 12.1 Å². The van der Waals surface area contributed by atoms with E-state index in [9.17, 15) is 0 Å². The van der Waals surface area contributed by atoms with Crippen molar-refractivity contribution in [3.63, 3.8) is 0 Å². The zero-order chi connectivity index (χ0) is 21.8. The number of hydrogen-bond donors (Lipinski definition) is 1. The number of aryl methyl sites for hydroxylation is 2. The second kappa shape index (κ2) is 7.02. The van der Waals surface area contributed by atoms with Crippen LogP contribution in [-0.2, 0) is 5.41 Å². The van der Waals surface area contributed by atoms with Crippen molar-refractivity contribution >= 4 is 22.7 Å². The number of hydrogen-bond acceptors (Lipinski definition) is 2. The summed E-state index contributed by atoms with van der Waals surface area (Å²) < 4.78 is 0. The molecule has 0 aromatic heterocycles. The monoisotopic (exact) mass is 404 g/mol. The van der Waals surface area contributed by atoms with E-state index in [1.165, 1.54) is 33.4 Å². The quantitative estimate of drug-likeness (QED) is 0.355. The largest absolute Gasteiger partial charge is 0.399 e. The fraction of sp³-hybridized carbons (Fsp3) is 0.172. The molecule has 0 heterocycles. The minimum absolute atomic E-state index is 0.0305. The summed E-state index contributed by atoms with van der Waals surface area (Å²) in [6.07, 6.45) is 0. The molecule has 31 heavy (non-hydrogen) atoms. The maximum absolute atomic E-state index is 5.99. The number of nitrogen functional groups attached to an aromatic ring is 1. The number of rotatable bonds is 3. The van der Waals surface area contributed by atoms with Gasteiger partial charge in [-0.2, -0.15) is 0 Å². The molecule has 2 heteroatoms. The Labute approximate surface area is 185 Å². The van der Waals surface area contributed by atoms with Gasteiger partial charge in [0.1, 0.15) is 0 Å². The first-order valence-corrected chi connectivity index (χ1v) is 10.8. The molecule has 2 nitrogen and oxygen atoms in total. The number of fused-ring (bicyclic) bond motifs is 3. The minimum Gasteiger partial charge on any atom is -0.399 e. The first kappa shape index (κ1) is 19.4. The second-order valence-corrected chi connectivity index (χ2v) is 9.17. The van der Waals surface area contributed by atoms with E-state index in [0.29, 0.717) is 0 Å². The fourth-order valence-electron chi connectivity index (χ4n) is 4.98. The number of nitrogens with zero attached hydrogens (tertiary/aromatic N) is 1. The van der Waals surface area contributed by atoms with Crippen molar-refractivity contribution in [3.8, 4) is 11.1 Å². The first-order valence-electron chi connectivity index (χ1n) is 10.8. The van der Waals surface area contributed by atoms with Crippen LogP contribution >= 0.6 is 0 Å². The van der Waals surface area contributed by atoms with Crippen LogP contribution in [0.4, 0.5) is 22.7 Å². The highest BCUT2D eigenvalue weighted by molar-refractivity contribution is 5.85. The third-order valence-electron chi connectivity index (χ3n) is 6.44. The molecule has 0 unspecified atom stereocenters. The maximum atomic E-state index is 5.99. The third kappa shape index (κ3) is 3.19. The van der Waals surface area contributed by atoms with Gasteiger partial charge in [0.15, 0.2) is 0 Å². The van der Waals surface area contributed by atoms with Gasteiger partial charge >= 0.3 is 0 Å². The summed E-state index contributed by atoms with van der Waals surface area (Å²) in [4.78, 5) is 2.33. The van der Waals surface area contributed by atoms with Crippen LogP contribution in [0.1, 0.15) is 36.1 Å². The summed E-state index contributed by atoms with van der Waals surface area (Å²) in [5.41, 5.74) is 18.1. The van der Waals surface area contributed by atoms with E-state index < -0.39 is 0 Å². The second-order valence-electron chi connectivity index (χ2n) is 9.17. The lowest BCUT2D eigenvalue weighted by molar-refractivity contribution is 0.660. The van der Waals surface area contributed by atoms with Gasteiger partial charge in [0.05, 0.1) is 0 Å². The summed E-state index contributed by atoms with van der Waals surface area (Å²) in [6, 6.07) is 30.5. The van der Waals surface area contributed by atoms with Crippen LogP contribution in [0.5, 0.6) is 0 Å². The van der Waals surface area contributed by atoms with Crippen LogP contribution in [0.2, 0.25) is 0 Å². The predicted octanol–water partition coefficient (Wildman–Crippen LogP) is 7.66. The summed E-state index contributed by atoms with van der Waals surface area (Å²) in [5, 5.41) is 0. The Morgan fingerprint density at radius 3 is 1.94 bits per heavy atom. The van der Waals surface area contributed by atoms with Crippen molar-refractivity contribution in [2.45, 2.75) is 33.1 Å². The van der Waals surface area contributed by atoms with E-state index in [-0.39, 0.29) is 5.41 Å². The molecule has 1 aliphatic carbocycles. The van der Waals surface area contributed by atoms with E-state index in [0.717, 1.165) is 22.7 Å². The van der Waals surface area contributed by atoms with Gasteiger partial charge in [-0.15, -0.1) is 0 Å². The van der Waals surface area contributed by atoms with Gasteiger partial charge in [-0.05, 0) is 95.8 Å². The summed E-state index contributed by atoms with van der Waals surface area (Å²) in [7, 11) is 0. The van der Waals surface area contributed by atoms with E-state index >= 15 is 0 Å². The highest BCUT2D eigenvalue weighted by atomic mass is 15.1. The van der Waals surface area contributed by atoms with Gasteiger partial charge < -0.3 is 10.6 Å². The SMILES string of the molecule is Cc1cc(C)cc(N(c2ccc(N)cc2)c2ccc3c(c2)C(C)(C)c2ccccc2-3)c1. The molecular formula is C29H28N2. The standard InChI is InChI=1S/C29H28N2/c1-19-15-20(2)17-24(16-19)31(22-11-9-21(30)10-12-22)23-13-14-26-25-7-5-6-8-27(25)29(3,4)28(26)18-23/h5-18H,30H2,1-4H3. The first-order chi connectivity index (χ1) is 14.8.